The minimum Gasteiger partial charge on any atom is -0.461 e. The highest BCUT2D eigenvalue weighted by Gasteiger charge is 2.48. The number of aliphatic hydroxyl groups is 1. The van der Waals surface area contributed by atoms with Crippen LogP contribution in [0.1, 0.15) is 33.1 Å². The van der Waals surface area contributed by atoms with Crippen LogP contribution in [0.5, 0.6) is 0 Å². The molecule has 0 saturated carbocycles. The van der Waals surface area contributed by atoms with E-state index in [1.165, 1.54) is 11.1 Å². The molecule has 2 saturated heterocycles. The van der Waals surface area contributed by atoms with Crippen LogP contribution >= 0.6 is 0 Å². The maximum atomic E-state index is 12.5. The van der Waals surface area contributed by atoms with Gasteiger partial charge in [-0.3, -0.25) is 9.69 Å². The fourth-order valence-electron chi connectivity index (χ4n) is 4.06. The van der Waals surface area contributed by atoms with Gasteiger partial charge in [0, 0.05) is 32.0 Å². The molecule has 3 aliphatic rings. The molecule has 3 rings (SSSR count). The van der Waals surface area contributed by atoms with Crippen molar-refractivity contribution in [3.05, 3.63) is 23.3 Å². The number of hydrogen-bond acceptors (Lipinski definition) is 5. The second-order valence-corrected chi connectivity index (χ2v) is 7.37. The standard InChI is InChI=1S/C19H29NO4/c1-13-4-3-5-14(2)11-17-18(16(21)10-13)15(19(22)24-17)12-20-6-8-23-9-7-20/h5,10,15-18,21H,3-4,6-9,11-12H2,1-2H3/b13-10-,14-5-. The van der Waals surface area contributed by atoms with Crippen LogP contribution in [0.4, 0.5) is 0 Å². The highest BCUT2D eigenvalue weighted by Crippen LogP contribution is 2.37. The van der Waals surface area contributed by atoms with Crippen LogP contribution in [0, 0.1) is 11.8 Å². The predicted molar refractivity (Wildman–Crippen MR) is 91.5 cm³/mol. The normalized spacial score (nSPS) is 40.0. The second-order valence-electron chi connectivity index (χ2n) is 7.37. The van der Waals surface area contributed by atoms with Gasteiger partial charge in [0.2, 0.25) is 0 Å². The molecule has 2 aliphatic heterocycles. The summed E-state index contributed by atoms with van der Waals surface area (Å²) in [5.41, 5.74) is 2.42. The third-order valence-corrected chi connectivity index (χ3v) is 5.43. The number of fused-ring (bicyclic) bond motifs is 1. The Morgan fingerprint density at radius 3 is 2.75 bits per heavy atom. The zero-order chi connectivity index (χ0) is 17.1. The van der Waals surface area contributed by atoms with Crippen molar-refractivity contribution in [3.63, 3.8) is 0 Å². The first-order chi connectivity index (χ1) is 11.5. The van der Waals surface area contributed by atoms with Crippen molar-refractivity contribution < 1.29 is 19.4 Å². The summed E-state index contributed by atoms with van der Waals surface area (Å²) in [6.07, 6.45) is 5.96. The Kier molecular flexibility index (Phi) is 5.74. The molecule has 0 aromatic heterocycles. The van der Waals surface area contributed by atoms with Gasteiger partial charge in [-0.15, -0.1) is 0 Å². The lowest BCUT2D eigenvalue weighted by molar-refractivity contribution is -0.144. The van der Waals surface area contributed by atoms with Gasteiger partial charge in [-0.25, -0.2) is 0 Å². The van der Waals surface area contributed by atoms with E-state index in [-0.39, 0.29) is 23.9 Å². The van der Waals surface area contributed by atoms with Gasteiger partial charge in [-0.05, 0) is 26.7 Å². The summed E-state index contributed by atoms with van der Waals surface area (Å²) >= 11 is 0. The molecule has 4 atom stereocenters. The Balaban J connectivity index is 1.81. The topological polar surface area (TPSA) is 59.0 Å². The van der Waals surface area contributed by atoms with Gasteiger partial charge in [0.15, 0.2) is 0 Å². The number of allylic oxidation sites excluding steroid dienone is 2. The molecule has 4 unspecified atom stereocenters. The molecule has 134 valence electrons. The summed E-state index contributed by atoms with van der Waals surface area (Å²) in [5, 5.41) is 10.8. The summed E-state index contributed by atoms with van der Waals surface area (Å²) in [7, 11) is 0. The van der Waals surface area contributed by atoms with Crippen molar-refractivity contribution in [3.8, 4) is 0 Å². The molecular weight excluding hydrogens is 306 g/mol. The van der Waals surface area contributed by atoms with E-state index in [4.69, 9.17) is 9.47 Å². The highest BCUT2D eigenvalue weighted by molar-refractivity contribution is 5.76. The van der Waals surface area contributed by atoms with E-state index in [0.29, 0.717) is 19.8 Å². The van der Waals surface area contributed by atoms with E-state index < -0.39 is 6.10 Å². The van der Waals surface area contributed by atoms with Gasteiger partial charge in [-0.2, -0.15) is 0 Å². The minimum atomic E-state index is -0.626. The fourth-order valence-corrected chi connectivity index (χ4v) is 4.06. The van der Waals surface area contributed by atoms with E-state index in [9.17, 15) is 9.90 Å². The third kappa shape index (κ3) is 4.08. The first-order valence-electron chi connectivity index (χ1n) is 9.06. The van der Waals surface area contributed by atoms with E-state index in [1.54, 1.807) is 0 Å². The Labute approximate surface area is 144 Å². The SMILES string of the molecule is C/C1=C/C(O)C2C(C/C(C)=C\CC1)OC(=O)C2CN1CCOCC1. The monoisotopic (exact) mass is 335 g/mol. The molecule has 2 heterocycles. The molecule has 2 fully saturated rings. The Hall–Kier alpha value is -1.17. The second kappa shape index (κ2) is 7.81. The van der Waals surface area contributed by atoms with E-state index in [1.807, 2.05) is 6.08 Å². The number of nitrogens with zero attached hydrogens (tertiary/aromatic N) is 1. The molecule has 0 spiro atoms. The quantitative estimate of drug-likeness (QED) is 0.617. The number of aliphatic hydroxyl groups excluding tert-OH is 1. The number of morpholine rings is 1. The predicted octanol–water partition coefficient (Wildman–Crippen LogP) is 1.91. The molecule has 0 aromatic carbocycles. The smallest absolute Gasteiger partial charge is 0.311 e. The minimum absolute atomic E-state index is 0.159. The number of ether oxygens (including phenoxy) is 2. The van der Waals surface area contributed by atoms with Crippen molar-refractivity contribution in [2.24, 2.45) is 11.8 Å². The number of hydrogen-bond donors (Lipinski definition) is 1. The molecule has 0 bridgehead atoms. The van der Waals surface area contributed by atoms with Crippen LogP contribution in [-0.4, -0.2) is 61.0 Å². The molecule has 0 amide bonds. The molecule has 1 aliphatic carbocycles. The van der Waals surface area contributed by atoms with Crippen LogP contribution in [0.3, 0.4) is 0 Å². The van der Waals surface area contributed by atoms with Crippen LogP contribution in [0.2, 0.25) is 0 Å². The lowest BCUT2D eigenvalue weighted by Gasteiger charge is -2.31. The van der Waals surface area contributed by atoms with Crippen molar-refractivity contribution in [2.75, 3.05) is 32.8 Å². The molecule has 24 heavy (non-hydrogen) atoms. The maximum Gasteiger partial charge on any atom is 0.311 e. The lowest BCUT2D eigenvalue weighted by Crippen LogP contribution is -2.44. The summed E-state index contributed by atoms with van der Waals surface area (Å²) in [4.78, 5) is 14.8. The number of esters is 1. The average molecular weight is 335 g/mol. The van der Waals surface area contributed by atoms with Crippen LogP contribution < -0.4 is 0 Å². The molecule has 5 heteroatoms. The number of carbonyl (C=O) groups excluding carboxylic acids is 1. The first-order valence-corrected chi connectivity index (χ1v) is 9.06. The van der Waals surface area contributed by atoms with E-state index >= 15 is 0 Å². The molecule has 0 radical (unpaired) electrons. The number of carbonyl (C=O) groups is 1. The fraction of sp³-hybridized carbons (Fsp3) is 0.737. The van der Waals surface area contributed by atoms with Crippen molar-refractivity contribution in [2.45, 2.75) is 45.3 Å². The maximum absolute atomic E-state index is 12.5. The molecule has 5 nitrogen and oxygen atoms in total. The Morgan fingerprint density at radius 2 is 2.00 bits per heavy atom. The van der Waals surface area contributed by atoms with E-state index in [0.717, 1.165) is 32.4 Å². The molecule has 1 N–H and O–H groups in total. The average Bonchev–Trinajstić information content (AvgIpc) is 2.83. The summed E-state index contributed by atoms with van der Waals surface area (Å²) in [6, 6.07) is 0. The first kappa shape index (κ1) is 17.6. The molecule has 0 aromatic rings. The summed E-state index contributed by atoms with van der Waals surface area (Å²) in [5.74, 6) is -0.593. The highest BCUT2D eigenvalue weighted by atomic mass is 16.6. The van der Waals surface area contributed by atoms with Gasteiger partial charge in [0.25, 0.3) is 0 Å². The zero-order valence-electron chi connectivity index (χ0n) is 14.7. The summed E-state index contributed by atoms with van der Waals surface area (Å²) < 4.78 is 11.1. The van der Waals surface area contributed by atoms with Crippen molar-refractivity contribution in [1.29, 1.82) is 0 Å². The van der Waals surface area contributed by atoms with Crippen LogP contribution in [-0.2, 0) is 14.3 Å². The van der Waals surface area contributed by atoms with Crippen molar-refractivity contribution in [1.82, 2.24) is 4.90 Å². The van der Waals surface area contributed by atoms with Gasteiger partial charge in [-0.1, -0.05) is 23.3 Å². The largest absolute Gasteiger partial charge is 0.461 e. The van der Waals surface area contributed by atoms with Gasteiger partial charge >= 0.3 is 5.97 Å². The van der Waals surface area contributed by atoms with Crippen LogP contribution in [0.15, 0.2) is 23.3 Å². The van der Waals surface area contributed by atoms with Gasteiger partial charge in [0.1, 0.15) is 6.10 Å². The van der Waals surface area contributed by atoms with Gasteiger partial charge in [0.05, 0.1) is 25.2 Å². The van der Waals surface area contributed by atoms with Crippen molar-refractivity contribution >= 4 is 5.97 Å². The number of rotatable bonds is 2. The lowest BCUT2D eigenvalue weighted by atomic mass is 9.81. The van der Waals surface area contributed by atoms with Crippen LogP contribution in [0.25, 0.3) is 0 Å². The van der Waals surface area contributed by atoms with E-state index in [2.05, 4.69) is 24.8 Å². The molecular formula is C19H29NO4. The van der Waals surface area contributed by atoms with Gasteiger partial charge < -0.3 is 14.6 Å². The zero-order valence-corrected chi connectivity index (χ0v) is 14.7. The Morgan fingerprint density at radius 1 is 1.25 bits per heavy atom. The summed E-state index contributed by atoms with van der Waals surface area (Å²) in [6.45, 7) is 7.88. The Bertz CT molecular complexity index is 521. The third-order valence-electron chi connectivity index (χ3n) is 5.43.